The molecule has 0 saturated heterocycles. The third kappa shape index (κ3) is 5.54. The van der Waals surface area contributed by atoms with Crippen LogP contribution in [0.3, 0.4) is 0 Å². The Balaban J connectivity index is 2.68. The van der Waals surface area contributed by atoms with E-state index in [9.17, 15) is 4.79 Å². The first-order valence-corrected chi connectivity index (χ1v) is 14.7. The van der Waals surface area contributed by atoms with E-state index in [4.69, 9.17) is 0 Å². The Kier molecular flexibility index (Phi) is 9.04. The van der Waals surface area contributed by atoms with Gasteiger partial charge in [-0.15, -0.1) is 0 Å². The van der Waals surface area contributed by atoms with Crippen molar-refractivity contribution >= 4 is 32.1 Å². The van der Waals surface area contributed by atoms with E-state index < -0.39 is 12.1 Å². The van der Waals surface area contributed by atoms with E-state index in [0.29, 0.717) is 4.82 Å². The fourth-order valence-corrected chi connectivity index (χ4v) is 8.81. The number of halogens is 1. The van der Waals surface area contributed by atoms with Crippen molar-refractivity contribution in [3.05, 3.63) is 23.8 Å². The summed E-state index contributed by atoms with van der Waals surface area (Å²) < 4.78 is 0. The van der Waals surface area contributed by atoms with E-state index in [0.717, 1.165) is 5.57 Å². The maximum atomic E-state index is 12.9. The summed E-state index contributed by atoms with van der Waals surface area (Å²) in [7, 11) is 0. The molecule has 4 heteroatoms. The molecule has 0 fully saturated rings. The third-order valence-electron chi connectivity index (χ3n) is 3.93. The molecule has 1 aliphatic rings. The van der Waals surface area contributed by atoms with Crippen LogP contribution in [0, 0.1) is 0 Å². The van der Waals surface area contributed by atoms with Crippen LogP contribution in [0.2, 0.25) is 10.1 Å². The molecule has 1 aliphatic carbocycles. The fourth-order valence-electron chi connectivity index (χ4n) is 2.88. The summed E-state index contributed by atoms with van der Waals surface area (Å²) in [4.78, 5) is 15.3. The molecule has 0 radical (unpaired) electrons. The summed E-state index contributed by atoms with van der Waals surface area (Å²) in [6, 6.07) is 0.487. The van der Waals surface area contributed by atoms with E-state index in [-0.39, 0.29) is 18.0 Å². The number of hydrogen-bond acceptors (Lipinski definition) is 1. The molecule has 0 aromatic heterocycles. The van der Waals surface area contributed by atoms with Crippen molar-refractivity contribution < 1.29 is 4.79 Å². The number of allylic oxidation sites excluding steroid dienone is 3. The topological polar surface area (TPSA) is 20.3 Å². The zero-order chi connectivity index (χ0) is 16.7. The Labute approximate surface area is 148 Å². The minimum absolute atomic E-state index is 0.224. The summed E-state index contributed by atoms with van der Waals surface area (Å²) in [5.74, 6) is 0.224. The molecule has 0 N–H and O–H groups in total. The van der Waals surface area contributed by atoms with Gasteiger partial charge in [0.25, 0.3) is 0 Å². The molecular weight excluding hydrogens is 405 g/mol. The number of amides is 1. The molecule has 0 saturated carbocycles. The molecule has 1 rings (SSSR count). The number of rotatable bonds is 9. The van der Waals surface area contributed by atoms with Gasteiger partial charge in [0.05, 0.1) is 0 Å². The standard InChI is InChI=1S/C18H31BrNOSe/c1-6-7-8-9-13-22(19)17-12-10-11-16(17)18(21)20(14(2)3)15(4)5/h10-12,14-15,17H,6-9,13H2,1-5H3/q+1. The van der Waals surface area contributed by atoms with Gasteiger partial charge in [0, 0.05) is 0 Å². The van der Waals surface area contributed by atoms with Crippen LogP contribution in [-0.2, 0) is 4.79 Å². The van der Waals surface area contributed by atoms with Crippen LogP contribution in [-0.4, -0.2) is 35.0 Å². The van der Waals surface area contributed by atoms with E-state index in [1.165, 1.54) is 31.0 Å². The van der Waals surface area contributed by atoms with Crippen LogP contribution in [0.4, 0.5) is 0 Å². The Morgan fingerprint density at radius 1 is 1.23 bits per heavy atom. The maximum absolute atomic E-state index is 12.9. The van der Waals surface area contributed by atoms with Gasteiger partial charge in [0.2, 0.25) is 0 Å². The minimum atomic E-state index is -0.959. The second-order valence-electron chi connectivity index (χ2n) is 6.46. The van der Waals surface area contributed by atoms with Gasteiger partial charge in [-0.25, -0.2) is 0 Å². The molecular formula is C18H31BrNOSe+. The first-order valence-electron chi connectivity index (χ1n) is 8.47. The quantitative estimate of drug-likeness (QED) is 0.347. The SMILES string of the molecule is CCCCCC[Se+](Br)C1C=CC=C1C(=O)N(C(C)C)C(C)C. The first kappa shape index (κ1) is 20.0. The second kappa shape index (κ2) is 9.95. The zero-order valence-electron chi connectivity index (χ0n) is 14.6. The normalized spacial score (nSPS) is 18.9. The van der Waals surface area contributed by atoms with E-state index in [2.05, 4.69) is 60.9 Å². The van der Waals surface area contributed by atoms with Crippen molar-refractivity contribution in [2.75, 3.05) is 0 Å². The van der Waals surface area contributed by atoms with Crippen LogP contribution >= 0.6 is 14.1 Å². The van der Waals surface area contributed by atoms with Gasteiger partial charge in [-0.05, 0) is 0 Å². The van der Waals surface area contributed by atoms with Crippen LogP contribution < -0.4 is 0 Å². The molecule has 0 heterocycles. The molecule has 0 bridgehead atoms. The van der Waals surface area contributed by atoms with Crippen molar-refractivity contribution in [2.24, 2.45) is 0 Å². The molecule has 1 amide bonds. The average Bonchev–Trinajstić information content (AvgIpc) is 2.92. The van der Waals surface area contributed by atoms with Gasteiger partial charge < -0.3 is 0 Å². The Morgan fingerprint density at radius 2 is 1.86 bits per heavy atom. The van der Waals surface area contributed by atoms with Crippen molar-refractivity contribution in [3.63, 3.8) is 0 Å². The van der Waals surface area contributed by atoms with Gasteiger partial charge in [-0.1, -0.05) is 0 Å². The van der Waals surface area contributed by atoms with Gasteiger partial charge in [0.1, 0.15) is 0 Å². The summed E-state index contributed by atoms with van der Waals surface area (Å²) in [6.45, 7) is 10.6. The van der Waals surface area contributed by atoms with E-state index >= 15 is 0 Å². The Hall–Kier alpha value is -0.0505. The molecule has 2 unspecified atom stereocenters. The zero-order valence-corrected chi connectivity index (χ0v) is 17.9. The average molecular weight is 436 g/mol. The summed E-state index contributed by atoms with van der Waals surface area (Å²) in [5.41, 5.74) is 1.000. The molecule has 2 atom stereocenters. The van der Waals surface area contributed by atoms with Crippen LogP contribution in [0.25, 0.3) is 0 Å². The molecule has 22 heavy (non-hydrogen) atoms. The van der Waals surface area contributed by atoms with Crippen molar-refractivity contribution in [1.29, 1.82) is 0 Å². The van der Waals surface area contributed by atoms with Crippen molar-refractivity contribution in [1.82, 2.24) is 4.90 Å². The van der Waals surface area contributed by atoms with Crippen LogP contribution in [0.1, 0.15) is 60.3 Å². The molecule has 0 spiro atoms. The predicted molar refractivity (Wildman–Crippen MR) is 102 cm³/mol. The number of carbonyl (C=O) groups is 1. The number of nitrogens with zero attached hydrogens (tertiary/aromatic N) is 1. The predicted octanol–water partition coefficient (Wildman–Crippen LogP) is 5.46. The molecule has 2 nitrogen and oxygen atoms in total. The third-order valence-corrected chi connectivity index (χ3v) is 11.1. The second-order valence-corrected chi connectivity index (χ2v) is 14.2. The Bertz CT molecular complexity index is 409. The van der Waals surface area contributed by atoms with Crippen LogP contribution in [0.15, 0.2) is 23.8 Å². The molecule has 0 aliphatic heterocycles. The number of unbranched alkanes of at least 4 members (excludes halogenated alkanes) is 3. The molecule has 0 aromatic carbocycles. The van der Waals surface area contributed by atoms with Crippen molar-refractivity contribution in [2.45, 2.75) is 82.5 Å². The Morgan fingerprint density at radius 3 is 2.41 bits per heavy atom. The van der Waals surface area contributed by atoms with E-state index in [1.54, 1.807) is 0 Å². The summed E-state index contributed by atoms with van der Waals surface area (Å²) in [5, 5.41) is 1.25. The summed E-state index contributed by atoms with van der Waals surface area (Å²) in [6.07, 6.45) is 11.5. The summed E-state index contributed by atoms with van der Waals surface area (Å²) >= 11 is 2.99. The fraction of sp³-hybridized carbons (Fsp3) is 0.722. The van der Waals surface area contributed by atoms with Gasteiger partial charge in [0.15, 0.2) is 0 Å². The molecule has 0 aromatic rings. The van der Waals surface area contributed by atoms with Gasteiger partial charge in [-0.3, -0.25) is 0 Å². The van der Waals surface area contributed by atoms with Crippen LogP contribution in [0.5, 0.6) is 0 Å². The van der Waals surface area contributed by atoms with Gasteiger partial charge >= 0.3 is 148 Å². The first-order chi connectivity index (χ1) is 10.4. The van der Waals surface area contributed by atoms with Crippen molar-refractivity contribution in [3.8, 4) is 0 Å². The van der Waals surface area contributed by atoms with Gasteiger partial charge in [-0.2, -0.15) is 0 Å². The monoisotopic (exact) mass is 436 g/mol. The molecule has 126 valence electrons. The number of carbonyl (C=O) groups excluding carboxylic acids is 1. The number of hydrogen-bond donors (Lipinski definition) is 0. The van der Waals surface area contributed by atoms with E-state index in [1.807, 2.05) is 11.0 Å².